The highest BCUT2D eigenvalue weighted by Crippen LogP contribution is 2.27. The molecule has 0 spiro atoms. The number of carbonyl (C=O) groups is 1. The molecule has 0 saturated carbocycles. The van der Waals surface area contributed by atoms with Crippen molar-refractivity contribution in [2.45, 2.75) is 6.61 Å². The maximum atomic E-state index is 12.7. The lowest BCUT2D eigenvalue weighted by atomic mass is 10.0. The van der Waals surface area contributed by atoms with Crippen LogP contribution in [0.5, 0.6) is 5.75 Å². The summed E-state index contributed by atoms with van der Waals surface area (Å²) in [4.78, 5) is 12.7. The molecule has 0 aliphatic rings. The monoisotopic (exact) mass is 342 g/mol. The summed E-state index contributed by atoms with van der Waals surface area (Å²) in [5.74, 6) is 0.132. The van der Waals surface area contributed by atoms with Crippen LogP contribution in [0.1, 0.15) is 15.9 Å². The molecule has 128 valence electrons. The first-order chi connectivity index (χ1) is 12.8. The second kappa shape index (κ2) is 6.89. The number of carbonyl (C=O) groups excluding carboxylic acids is 1. The van der Waals surface area contributed by atoms with E-state index in [9.17, 15) is 4.79 Å². The zero-order valence-electron chi connectivity index (χ0n) is 14.4. The van der Waals surface area contributed by atoms with Crippen molar-refractivity contribution in [3.63, 3.8) is 0 Å². The van der Waals surface area contributed by atoms with Gasteiger partial charge in [0.05, 0.1) is 7.11 Å². The van der Waals surface area contributed by atoms with Crippen molar-refractivity contribution in [3.05, 3.63) is 90.0 Å². The van der Waals surface area contributed by atoms with Crippen molar-refractivity contribution >= 4 is 27.5 Å². The highest BCUT2D eigenvalue weighted by Gasteiger charge is 2.15. The fraction of sp³-hybridized carbons (Fsp3) is 0.0870. The predicted octanol–water partition coefficient (Wildman–Crippen LogP) is 5.36. The summed E-state index contributed by atoms with van der Waals surface area (Å²) in [6, 6.07) is 25.6. The molecule has 4 aromatic rings. The summed E-state index contributed by atoms with van der Waals surface area (Å²) < 4.78 is 11.0. The number of ether oxygens (including phenoxy) is 2. The smallest absolute Gasteiger partial charge is 0.342 e. The van der Waals surface area contributed by atoms with E-state index in [1.165, 1.54) is 0 Å². The molecular weight excluding hydrogens is 324 g/mol. The number of fused-ring (bicyclic) bond motifs is 2. The van der Waals surface area contributed by atoms with Gasteiger partial charge in [-0.1, -0.05) is 66.7 Å². The molecule has 0 radical (unpaired) electrons. The molecule has 0 fully saturated rings. The summed E-state index contributed by atoms with van der Waals surface area (Å²) in [7, 11) is 1.56. The lowest BCUT2D eigenvalue weighted by Crippen LogP contribution is -2.07. The van der Waals surface area contributed by atoms with Gasteiger partial charge in [0.25, 0.3) is 0 Å². The SMILES string of the molecule is COc1cc2ccccc2cc1C(=O)OCc1cccc2ccccc12. The van der Waals surface area contributed by atoms with Gasteiger partial charge in [0, 0.05) is 0 Å². The average molecular weight is 342 g/mol. The van der Waals surface area contributed by atoms with Crippen LogP contribution in [-0.4, -0.2) is 13.1 Å². The zero-order valence-corrected chi connectivity index (χ0v) is 14.4. The van der Waals surface area contributed by atoms with Crippen LogP contribution in [0, 0.1) is 0 Å². The molecule has 0 bridgehead atoms. The average Bonchev–Trinajstić information content (AvgIpc) is 2.70. The van der Waals surface area contributed by atoms with E-state index in [-0.39, 0.29) is 12.6 Å². The highest BCUT2D eigenvalue weighted by atomic mass is 16.5. The predicted molar refractivity (Wildman–Crippen MR) is 104 cm³/mol. The van der Waals surface area contributed by atoms with E-state index < -0.39 is 0 Å². The van der Waals surface area contributed by atoms with E-state index >= 15 is 0 Å². The number of methoxy groups -OCH3 is 1. The Balaban J connectivity index is 1.63. The molecule has 26 heavy (non-hydrogen) atoms. The van der Waals surface area contributed by atoms with Crippen molar-refractivity contribution < 1.29 is 14.3 Å². The molecule has 0 atom stereocenters. The van der Waals surface area contributed by atoms with Crippen LogP contribution in [0.2, 0.25) is 0 Å². The Kier molecular flexibility index (Phi) is 4.28. The first-order valence-electron chi connectivity index (χ1n) is 8.47. The summed E-state index contributed by atoms with van der Waals surface area (Å²) in [6.45, 7) is 0.218. The van der Waals surface area contributed by atoms with Gasteiger partial charge in [0.15, 0.2) is 0 Å². The molecular formula is C23H18O3. The molecule has 4 aromatic carbocycles. The lowest BCUT2D eigenvalue weighted by Gasteiger charge is -2.11. The Hall–Kier alpha value is -3.33. The molecule has 0 aromatic heterocycles. The molecule has 0 heterocycles. The van der Waals surface area contributed by atoms with Crippen LogP contribution in [-0.2, 0) is 11.3 Å². The molecule has 3 heteroatoms. The van der Waals surface area contributed by atoms with Gasteiger partial charge >= 0.3 is 5.97 Å². The van der Waals surface area contributed by atoms with E-state index in [2.05, 4.69) is 0 Å². The van der Waals surface area contributed by atoms with E-state index in [0.717, 1.165) is 27.1 Å². The second-order valence-corrected chi connectivity index (χ2v) is 6.11. The lowest BCUT2D eigenvalue weighted by molar-refractivity contribution is 0.0471. The highest BCUT2D eigenvalue weighted by molar-refractivity contribution is 5.98. The standard InChI is InChI=1S/C23H18O3/c1-25-22-14-18-9-3-2-8-17(18)13-21(22)23(24)26-15-19-11-6-10-16-7-4-5-12-20(16)19/h2-14H,15H2,1H3. The first-order valence-corrected chi connectivity index (χ1v) is 8.47. The van der Waals surface area contributed by atoms with Gasteiger partial charge in [0.2, 0.25) is 0 Å². The quantitative estimate of drug-likeness (QED) is 0.468. The Labute approximate surface area is 151 Å². The van der Waals surface area contributed by atoms with Gasteiger partial charge < -0.3 is 9.47 Å². The topological polar surface area (TPSA) is 35.5 Å². The van der Waals surface area contributed by atoms with Crippen molar-refractivity contribution in [1.82, 2.24) is 0 Å². The minimum atomic E-state index is -0.388. The molecule has 0 N–H and O–H groups in total. The van der Waals surface area contributed by atoms with E-state index in [4.69, 9.17) is 9.47 Å². The van der Waals surface area contributed by atoms with Crippen molar-refractivity contribution in [2.75, 3.05) is 7.11 Å². The Bertz CT molecular complexity index is 1090. The number of esters is 1. The van der Waals surface area contributed by atoms with Crippen LogP contribution in [0.15, 0.2) is 78.9 Å². The molecule has 3 nitrogen and oxygen atoms in total. The fourth-order valence-electron chi connectivity index (χ4n) is 3.19. The normalized spacial score (nSPS) is 10.8. The van der Waals surface area contributed by atoms with Crippen molar-refractivity contribution in [1.29, 1.82) is 0 Å². The maximum absolute atomic E-state index is 12.7. The Morgan fingerprint density at radius 1 is 0.808 bits per heavy atom. The Morgan fingerprint density at radius 3 is 2.23 bits per heavy atom. The summed E-state index contributed by atoms with van der Waals surface area (Å²) >= 11 is 0. The fourth-order valence-corrected chi connectivity index (χ4v) is 3.19. The molecule has 0 saturated heterocycles. The minimum absolute atomic E-state index is 0.218. The van der Waals surface area contributed by atoms with E-state index in [0.29, 0.717) is 11.3 Å². The van der Waals surface area contributed by atoms with Crippen LogP contribution < -0.4 is 4.74 Å². The van der Waals surface area contributed by atoms with Crippen molar-refractivity contribution in [3.8, 4) is 5.75 Å². The summed E-state index contributed by atoms with van der Waals surface area (Å²) in [5, 5.41) is 4.22. The number of hydrogen-bond acceptors (Lipinski definition) is 3. The third kappa shape index (κ3) is 3.00. The minimum Gasteiger partial charge on any atom is -0.496 e. The summed E-state index contributed by atoms with van der Waals surface area (Å²) in [5.41, 5.74) is 1.42. The summed E-state index contributed by atoms with van der Waals surface area (Å²) in [6.07, 6.45) is 0. The molecule has 0 amide bonds. The van der Waals surface area contributed by atoms with E-state index in [1.807, 2.05) is 78.9 Å². The number of rotatable bonds is 4. The second-order valence-electron chi connectivity index (χ2n) is 6.11. The third-order valence-corrected chi connectivity index (χ3v) is 4.53. The van der Waals surface area contributed by atoms with Crippen molar-refractivity contribution in [2.24, 2.45) is 0 Å². The maximum Gasteiger partial charge on any atom is 0.342 e. The molecule has 0 aliphatic carbocycles. The van der Waals surface area contributed by atoms with Gasteiger partial charge in [-0.15, -0.1) is 0 Å². The van der Waals surface area contributed by atoms with Gasteiger partial charge in [-0.3, -0.25) is 0 Å². The van der Waals surface area contributed by atoms with Gasteiger partial charge in [-0.25, -0.2) is 4.79 Å². The van der Waals surface area contributed by atoms with Gasteiger partial charge in [-0.2, -0.15) is 0 Å². The van der Waals surface area contributed by atoms with Crippen LogP contribution in [0.4, 0.5) is 0 Å². The first kappa shape index (κ1) is 16.2. The largest absolute Gasteiger partial charge is 0.496 e. The van der Waals surface area contributed by atoms with E-state index in [1.54, 1.807) is 7.11 Å². The van der Waals surface area contributed by atoms with Crippen LogP contribution in [0.3, 0.4) is 0 Å². The molecule has 4 rings (SSSR count). The zero-order chi connectivity index (χ0) is 17.9. The Morgan fingerprint density at radius 2 is 1.46 bits per heavy atom. The van der Waals surface area contributed by atoms with Crippen LogP contribution in [0.25, 0.3) is 21.5 Å². The number of benzene rings is 4. The van der Waals surface area contributed by atoms with Gasteiger partial charge in [-0.05, 0) is 39.2 Å². The number of hydrogen-bond donors (Lipinski definition) is 0. The van der Waals surface area contributed by atoms with Crippen LogP contribution >= 0.6 is 0 Å². The molecule has 0 aliphatic heterocycles. The van der Waals surface area contributed by atoms with Gasteiger partial charge in [0.1, 0.15) is 17.9 Å². The molecule has 0 unspecified atom stereocenters. The third-order valence-electron chi connectivity index (χ3n) is 4.53.